The molecule has 1 aliphatic rings. The average Bonchev–Trinajstić information content (AvgIpc) is 3.16. The molecule has 1 amide bonds. The molecule has 0 aromatic carbocycles. The molecular formula is C18H22F3N5O4S. The van der Waals surface area contributed by atoms with E-state index in [0.717, 1.165) is 48.0 Å². The highest BCUT2D eigenvalue weighted by molar-refractivity contribution is 7.14. The number of amides is 1. The van der Waals surface area contributed by atoms with Gasteiger partial charge in [-0.15, -0.1) is 16.4 Å². The number of hydrogen-bond acceptors (Lipinski definition) is 8. The molecule has 0 fully saturated rings. The summed E-state index contributed by atoms with van der Waals surface area (Å²) < 4.78 is 36.7. The van der Waals surface area contributed by atoms with E-state index in [1.54, 1.807) is 7.11 Å². The van der Waals surface area contributed by atoms with Crippen molar-refractivity contribution in [1.82, 2.24) is 20.5 Å². The Labute approximate surface area is 180 Å². The summed E-state index contributed by atoms with van der Waals surface area (Å²) in [5.41, 5.74) is 0.880. The first-order chi connectivity index (χ1) is 14.6. The third-order valence-electron chi connectivity index (χ3n) is 4.03. The van der Waals surface area contributed by atoms with Crippen molar-refractivity contribution in [3.05, 3.63) is 27.7 Å². The zero-order chi connectivity index (χ0) is 23.0. The number of anilines is 2. The smallest absolute Gasteiger partial charge is 0.475 e. The molecule has 1 aliphatic heterocycles. The summed E-state index contributed by atoms with van der Waals surface area (Å²) in [6, 6.07) is 3.88. The van der Waals surface area contributed by atoms with Crippen LogP contribution in [0.15, 0.2) is 12.1 Å². The van der Waals surface area contributed by atoms with E-state index in [2.05, 4.69) is 20.5 Å². The fourth-order valence-electron chi connectivity index (χ4n) is 2.57. The number of carbonyl (C=O) groups is 2. The molecule has 3 heterocycles. The summed E-state index contributed by atoms with van der Waals surface area (Å²) in [5.74, 6) is -1.27. The maximum atomic E-state index is 12.3. The molecule has 0 saturated carbocycles. The number of thiazole rings is 1. The van der Waals surface area contributed by atoms with Crippen LogP contribution in [0, 0.1) is 6.92 Å². The second-order valence-electron chi connectivity index (χ2n) is 6.46. The molecule has 170 valence electrons. The van der Waals surface area contributed by atoms with Gasteiger partial charge in [0.25, 0.3) is 5.91 Å². The molecule has 0 bridgehead atoms. The Balaban J connectivity index is 0.000000423. The van der Waals surface area contributed by atoms with Gasteiger partial charge in [-0.05, 0) is 38.3 Å². The zero-order valence-corrected chi connectivity index (χ0v) is 17.7. The van der Waals surface area contributed by atoms with Crippen molar-refractivity contribution in [3.8, 4) is 0 Å². The van der Waals surface area contributed by atoms with Crippen LogP contribution in [-0.4, -0.2) is 65.1 Å². The Morgan fingerprint density at radius 1 is 1.32 bits per heavy atom. The molecule has 0 aliphatic carbocycles. The Hall–Kier alpha value is -2.80. The number of halogens is 3. The minimum atomic E-state index is -5.08. The topological polar surface area (TPSA) is 118 Å². The highest BCUT2D eigenvalue weighted by atomic mass is 32.1. The van der Waals surface area contributed by atoms with Gasteiger partial charge in [0.2, 0.25) is 0 Å². The predicted octanol–water partition coefficient (Wildman–Crippen LogP) is 2.73. The number of aliphatic carboxylic acids is 1. The molecule has 2 N–H and O–H groups in total. The van der Waals surface area contributed by atoms with Crippen molar-refractivity contribution < 1.29 is 32.6 Å². The molecule has 2 aromatic heterocycles. The number of rotatable bonds is 6. The van der Waals surface area contributed by atoms with E-state index in [1.165, 1.54) is 11.3 Å². The van der Waals surface area contributed by atoms with Crippen LogP contribution >= 0.6 is 11.3 Å². The third kappa shape index (κ3) is 7.14. The quantitative estimate of drug-likeness (QED) is 0.631. The number of carboxylic acids is 1. The van der Waals surface area contributed by atoms with Crippen LogP contribution in [0.4, 0.5) is 24.8 Å². The monoisotopic (exact) mass is 461 g/mol. The highest BCUT2D eigenvalue weighted by Gasteiger charge is 2.38. The van der Waals surface area contributed by atoms with Gasteiger partial charge in [0.05, 0.1) is 5.69 Å². The number of ether oxygens (including phenoxy) is 1. The number of hydrogen-bond donors (Lipinski definition) is 2. The van der Waals surface area contributed by atoms with E-state index in [9.17, 15) is 18.0 Å². The molecule has 2 aromatic rings. The summed E-state index contributed by atoms with van der Waals surface area (Å²) in [7, 11) is 1.65. The van der Waals surface area contributed by atoms with Crippen LogP contribution in [0.1, 0.15) is 33.2 Å². The first kappa shape index (κ1) is 24.5. The molecule has 0 radical (unpaired) electrons. The zero-order valence-electron chi connectivity index (χ0n) is 16.9. The molecule has 31 heavy (non-hydrogen) atoms. The van der Waals surface area contributed by atoms with Crippen molar-refractivity contribution in [3.63, 3.8) is 0 Å². The van der Waals surface area contributed by atoms with E-state index in [4.69, 9.17) is 14.6 Å². The van der Waals surface area contributed by atoms with Crippen LogP contribution in [-0.2, 0) is 16.0 Å². The van der Waals surface area contributed by atoms with Gasteiger partial charge in [-0.2, -0.15) is 18.3 Å². The number of nitrogens with zero attached hydrogens (tertiary/aromatic N) is 4. The summed E-state index contributed by atoms with van der Waals surface area (Å²) in [4.78, 5) is 28.9. The van der Waals surface area contributed by atoms with E-state index in [-0.39, 0.29) is 5.91 Å². The second kappa shape index (κ2) is 11.0. The number of nitrogens with one attached hydrogen (secondary N) is 1. The van der Waals surface area contributed by atoms with Gasteiger partial charge in [0, 0.05) is 31.7 Å². The number of methoxy groups -OCH3 is 1. The van der Waals surface area contributed by atoms with Crippen LogP contribution in [0.3, 0.4) is 0 Å². The molecule has 0 spiro atoms. The van der Waals surface area contributed by atoms with Gasteiger partial charge < -0.3 is 20.1 Å². The first-order valence-corrected chi connectivity index (χ1v) is 10.1. The van der Waals surface area contributed by atoms with Gasteiger partial charge in [-0.3, -0.25) is 4.79 Å². The lowest BCUT2D eigenvalue weighted by Gasteiger charge is -2.25. The number of aryl methyl sites for hydroxylation is 2. The maximum absolute atomic E-state index is 12.3. The van der Waals surface area contributed by atoms with Crippen molar-refractivity contribution in [2.45, 2.75) is 32.4 Å². The minimum Gasteiger partial charge on any atom is -0.475 e. The van der Waals surface area contributed by atoms with Gasteiger partial charge in [-0.25, -0.2) is 9.78 Å². The van der Waals surface area contributed by atoms with Crippen LogP contribution in [0.2, 0.25) is 0 Å². The van der Waals surface area contributed by atoms with Crippen molar-refractivity contribution in [2.24, 2.45) is 0 Å². The molecular weight excluding hydrogens is 439 g/mol. The van der Waals surface area contributed by atoms with E-state index in [1.807, 2.05) is 24.0 Å². The Morgan fingerprint density at radius 3 is 2.61 bits per heavy atom. The van der Waals surface area contributed by atoms with Gasteiger partial charge in [-0.1, -0.05) is 0 Å². The lowest BCUT2D eigenvalue weighted by Crippen LogP contribution is -2.26. The predicted molar refractivity (Wildman–Crippen MR) is 107 cm³/mol. The normalized spacial score (nSPS) is 13.1. The SMILES string of the molecule is COCCCNC(=O)c1nc2c(s1)CCCN2c1ccc(C)nn1.O=C(O)C(F)(F)F. The molecule has 0 atom stereocenters. The van der Waals surface area contributed by atoms with Gasteiger partial charge in [0.1, 0.15) is 5.82 Å². The Bertz CT molecular complexity index is 889. The molecule has 0 saturated heterocycles. The van der Waals surface area contributed by atoms with Crippen LogP contribution in [0.25, 0.3) is 0 Å². The molecule has 3 rings (SSSR count). The van der Waals surface area contributed by atoms with E-state index >= 15 is 0 Å². The van der Waals surface area contributed by atoms with E-state index < -0.39 is 12.1 Å². The fraction of sp³-hybridized carbons (Fsp3) is 0.500. The minimum absolute atomic E-state index is 0.125. The number of alkyl halides is 3. The number of carboxylic acid groups (broad SMARTS) is 1. The summed E-state index contributed by atoms with van der Waals surface area (Å²) in [5, 5.41) is 18.9. The van der Waals surface area contributed by atoms with Crippen molar-refractivity contribution >= 4 is 34.8 Å². The number of carbonyl (C=O) groups excluding carboxylic acids is 1. The largest absolute Gasteiger partial charge is 0.490 e. The summed E-state index contributed by atoms with van der Waals surface area (Å²) in [6.07, 6.45) is -2.34. The lowest BCUT2D eigenvalue weighted by molar-refractivity contribution is -0.192. The average molecular weight is 461 g/mol. The highest BCUT2D eigenvalue weighted by Crippen LogP contribution is 2.35. The summed E-state index contributed by atoms with van der Waals surface area (Å²) >= 11 is 1.46. The molecule has 0 unspecified atom stereocenters. The van der Waals surface area contributed by atoms with Crippen LogP contribution in [0.5, 0.6) is 0 Å². The Kier molecular flexibility index (Phi) is 8.68. The van der Waals surface area contributed by atoms with Crippen molar-refractivity contribution in [2.75, 3.05) is 31.7 Å². The lowest BCUT2D eigenvalue weighted by atomic mass is 10.2. The number of aromatic nitrogens is 3. The first-order valence-electron chi connectivity index (χ1n) is 9.28. The molecule has 13 heteroatoms. The van der Waals surface area contributed by atoms with Crippen molar-refractivity contribution in [1.29, 1.82) is 0 Å². The third-order valence-corrected chi connectivity index (χ3v) is 5.13. The van der Waals surface area contributed by atoms with Crippen LogP contribution < -0.4 is 10.2 Å². The maximum Gasteiger partial charge on any atom is 0.490 e. The molecule has 9 nitrogen and oxygen atoms in total. The van der Waals surface area contributed by atoms with Gasteiger partial charge >= 0.3 is 12.1 Å². The van der Waals surface area contributed by atoms with Gasteiger partial charge in [0.15, 0.2) is 10.8 Å². The Morgan fingerprint density at radius 2 is 2.03 bits per heavy atom. The van der Waals surface area contributed by atoms with E-state index in [0.29, 0.717) is 18.2 Å². The fourth-order valence-corrected chi connectivity index (χ4v) is 3.60. The summed E-state index contributed by atoms with van der Waals surface area (Å²) in [6.45, 7) is 3.97. The second-order valence-corrected chi connectivity index (χ2v) is 7.54. The number of fused-ring (bicyclic) bond motifs is 1. The standard InChI is InChI=1S/C16H21N5O2S.C2HF3O2/c1-11-6-7-13(20-19-11)21-9-3-5-12-14(21)18-16(24-12)15(22)17-8-4-10-23-2;3-2(4,5)1(6)7/h6-7H,3-5,8-10H2,1-2H3,(H,17,22);(H,6,7).